The highest BCUT2D eigenvalue weighted by Gasteiger charge is 2.28. The van der Waals surface area contributed by atoms with Gasteiger partial charge in [-0.25, -0.2) is 8.78 Å². The van der Waals surface area contributed by atoms with Crippen LogP contribution in [-0.4, -0.2) is 29.8 Å². The molecule has 2 amide bonds. The Kier molecular flexibility index (Phi) is 5.25. The van der Waals surface area contributed by atoms with E-state index in [1.807, 2.05) is 42.5 Å². The predicted octanol–water partition coefficient (Wildman–Crippen LogP) is 4.61. The Morgan fingerprint density at radius 1 is 0.897 bits per heavy atom. The third-order valence-electron chi connectivity index (χ3n) is 5.36. The molecule has 6 heteroatoms. The summed E-state index contributed by atoms with van der Waals surface area (Å²) < 4.78 is 26.3. The number of nitrogens with one attached hydrogen (secondary N) is 1. The average molecular weight is 394 g/mol. The van der Waals surface area contributed by atoms with Gasteiger partial charge in [-0.05, 0) is 41.8 Å². The van der Waals surface area contributed by atoms with Crippen molar-refractivity contribution in [1.82, 2.24) is 4.90 Å². The van der Waals surface area contributed by atoms with Crippen LogP contribution in [0.4, 0.5) is 14.5 Å². The average Bonchev–Trinajstić information content (AvgIpc) is 2.75. The van der Waals surface area contributed by atoms with E-state index < -0.39 is 11.6 Å². The van der Waals surface area contributed by atoms with Crippen LogP contribution in [0.5, 0.6) is 0 Å². The van der Waals surface area contributed by atoms with Crippen molar-refractivity contribution in [3.63, 3.8) is 0 Å². The van der Waals surface area contributed by atoms with Crippen LogP contribution in [0.2, 0.25) is 0 Å². The van der Waals surface area contributed by atoms with Crippen molar-refractivity contribution >= 4 is 28.3 Å². The standard InChI is InChI=1S/C23H20F2N2O2/c24-20-9-8-17(14-21(20)25)26-22(28)16-10-12-27(13-11-16)23(29)19-7-3-5-15-4-1-2-6-18(15)19/h1-9,14,16H,10-13H2,(H,26,28). The lowest BCUT2D eigenvalue weighted by Gasteiger charge is -2.31. The second-order valence-electron chi connectivity index (χ2n) is 7.21. The SMILES string of the molecule is O=C(Nc1ccc(F)c(F)c1)C1CCN(C(=O)c2cccc3ccccc23)CC1. The van der Waals surface area contributed by atoms with Gasteiger partial charge >= 0.3 is 0 Å². The molecule has 4 rings (SSSR count). The minimum absolute atomic E-state index is 0.0405. The number of nitrogens with zero attached hydrogens (tertiary/aromatic N) is 1. The lowest BCUT2D eigenvalue weighted by Crippen LogP contribution is -2.41. The number of rotatable bonds is 3. The van der Waals surface area contributed by atoms with Gasteiger partial charge < -0.3 is 10.2 Å². The Bertz CT molecular complexity index is 1070. The van der Waals surface area contributed by atoms with E-state index in [0.29, 0.717) is 31.5 Å². The summed E-state index contributed by atoms with van der Waals surface area (Å²) in [6.45, 7) is 0.940. The number of fused-ring (bicyclic) bond motifs is 1. The lowest BCUT2D eigenvalue weighted by atomic mass is 9.94. The molecule has 0 aliphatic carbocycles. The number of hydrogen-bond donors (Lipinski definition) is 1. The monoisotopic (exact) mass is 394 g/mol. The second-order valence-corrected chi connectivity index (χ2v) is 7.21. The van der Waals surface area contributed by atoms with E-state index in [2.05, 4.69) is 5.32 Å². The molecule has 1 fully saturated rings. The molecule has 3 aromatic carbocycles. The van der Waals surface area contributed by atoms with Crippen LogP contribution < -0.4 is 5.32 Å². The van der Waals surface area contributed by atoms with Crippen LogP contribution in [0.15, 0.2) is 60.7 Å². The first-order valence-corrected chi connectivity index (χ1v) is 9.56. The minimum atomic E-state index is -1.00. The zero-order valence-corrected chi connectivity index (χ0v) is 15.7. The highest BCUT2D eigenvalue weighted by Crippen LogP contribution is 2.24. The van der Waals surface area contributed by atoms with Gasteiger partial charge in [0.15, 0.2) is 11.6 Å². The number of benzene rings is 3. The summed E-state index contributed by atoms with van der Waals surface area (Å²) >= 11 is 0. The number of amides is 2. The van der Waals surface area contributed by atoms with Crippen molar-refractivity contribution in [3.05, 3.63) is 77.9 Å². The van der Waals surface area contributed by atoms with Gasteiger partial charge in [-0.15, -0.1) is 0 Å². The first-order chi connectivity index (χ1) is 14.0. The van der Waals surface area contributed by atoms with Crippen LogP contribution in [0, 0.1) is 17.6 Å². The molecule has 148 valence electrons. The number of likely N-dealkylation sites (tertiary alicyclic amines) is 1. The van der Waals surface area contributed by atoms with Crippen LogP contribution in [0.1, 0.15) is 23.2 Å². The molecule has 1 aliphatic heterocycles. The van der Waals surface area contributed by atoms with Crippen molar-refractivity contribution in [2.24, 2.45) is 5.92 Å². The van der Waals surface area contributed by atoms with Crippen molar-refractivity contribution < 1.29 is 18.4 Å². The molecule has 0 radical (unpaired) electrons. The van der Waals surface area contributed by atoms with Crippen LogP contribution in [0.3, 0.4) is 0 Å². The van der Waals surface area contributed by atoms with Gasteiger partial charge in [-0.2, -0.15) is 0 Å². The van der Waals surface area contributed by atoms with Crippen molar-refractivity contribution in [1.29, 1.82) is 0 Å². The Morgan fingerprint density at radius 2 is 1.62 bits per heavy atom. The molecular weight excluding hydrogens is 374 g/mol. The molecule has 1 N–H and O–H groups in total. The third kappa shape index (κ3) is 3.97. The van der Waals surface area contributed by atoms with Crippen LogP contribution >= 0.6 is 0 Å². The van der Waals surface area contributed by atoms with Gasteiger partial charge in [0.25, 0.3) is 5.91 Å². The van der Waals surface area contributed by atoms with Crippen LogP contribution in [-0.2, 0) is 4.79 Å². The highest BCUT2D eigenvalue weighted by molar-refractivity contribution is 6.07. The third-order valence-corrected chi connectivity index (χ3v) is 5.36. The molecule has 0 unspecified atom stereocenters. The maximum atomic E-state index is 13.3. The van der Waals surface area contributed by atoms with Crippen molar-refractivity contribution in [2.45, 2.75) is 12.8 Å². The van der Waals surface area contributed by atoms with Gasteiger partial charge in [0.1, 0.15) is 0 Å². The molecule has 0 atom stereocenters. The fraction of sp³-hybridized carbons (Fsp3) is 0.217. The van der Waals surface area contributed by atoms with Gasteiger partial charge in [-0.1, -0.05) is 36.4 Å². The fourth-order valence-corrected chi connectivity index (χ4v) is 3.75. The van der Waals surface area contributed by atoms with Gasteiger partial charge in [0.05, 0.1) is 0 Å². The molecule has 1 saturated heterocycles. The highest BCUT2D eigenvalue weighted by atomic mass is 19.2. The summed E-state index contributed by atoms with van der Waals surface area (Å²) in [6.07, 6.45) is 1.04. The van der Waals surface area contributed by atoms with Gasteiger partial charge in [0, 0.05) is 36.3 Å². The summed E-state index contributed by atoms with van der Waals surface area (Å²) in [4.78, 5) is 27.2. The second kappa shape index (κ2) is 7.99. The molecule has 0 aromatic heterocycles. The zero-order valence-electron chi connectivity index (χ0n) is 15.7. The molecule has 29 heavy (non-hydrogen) atoms. The van der Waals surface area contributed by atoms with Crippen molar-refractivity contribution in [2.75, 3.05) is 18.4 Å². The molecular formula is C23H20F2N2O2. The quantitative estimate of drug-likeness (QED) is 0.705. The van der Waals surface area contributed by atoms with E-state index in [1.54, 1.807) is 4.90 Å². The van der Waals surface area contributed by atoms with Crippen molar-refractivity contribution in [3.8, 4) is 0 Å². The molecule has 0 bridgehead atoms. The van der Waals surface area contributed by atoms with E-state index in [9.17, 15) is 18.4 Å². The molecule has 4 nitrogen and oxygen atoms in total. The predicted molar refractivity (Wildman–Crippen MR) is 108 cm³/mol. The maximum Gasteiger partial charge on any atom is 0.254 e. The Morgan fingerprint density at radius 3 is 2.38 bits per heavy atom. The van der Waals surface area contributed by atoms with E-state index in [4.69, 9.17) is 0 Å². The molecule has 3 aromatic rings. The number of piperidine rings is 1. The molecule has 0 saturated carbocycles. The Labute approximate surface area is 167 Å². The van der Waals surface area contributed by atoms with Crippen LogP contribution in [0.25, 0.3) is 10.8 Å². The normalized spacial score (nSPS) is 14.8. The zero-order chi connectivity index (χ0) is 20.4. The van der Waals surface area contributed by atoms with E-state index in [-0.39, 0.29) is 23.4 Å². The smallest absolute Gasteiger partial charge is 0.254 e. The van der Waals surface area contributed by atoms with E-state index >= 15 is 0 Å². The Balaban J connectivity index is 1.40. The summed E-state index contributed by atoms with van der Waals surface area (Å²) in [6, 6.07) is 16.7. The fourth-order valence-electron chi connectivity index (χ4n) is 3.75. The topological polar surface area (TPSA) is 49.4 Å². The summed E-state index contributed by atoms with van der Waals surface area (Å²) in [5, 5.41) is 4.56. The lowest BCUT2D eigenvalue weighted by molar-refractivity contribution is -0.121. The number of carbonyl (C=O) groups is 2. The molecule has 1 heterocycles. The summed E-state index contributed by atoms with van der Waals surface area (Å²) in [5.74, 6) is -2.52. The largest absolute Gasteiger partial charge is 0.339 e. The minimum Gasteiger partial charge on any atom is -0.339 e. The first kappa shape index (κ1) is 19.1. The Hall–Kier alpha value is -3.28. The molecule has 0 spiro atoms. The number of hydrogen-bond acceptors (Lipinski definition) is 2. The number of halogens is 2. The van der Waals surface area contributed by atoms with Gasteiger partial charge in [-0.3, -0.25) is 9.59 Å². The van der Waals surface area contributed by atoms with E-state index in [1.165, 1.54) is 6.07 Å². The summed E-state index contributed by atoms with van der Waals surface area (Å²) in [5.41, 5.74) is 0.885. The molecule has 1 aliphatic rings. The van der Waals surface area contributed by atoms with E-state index in [0.717, 1.165) is 22.9 Å². The maximum absolute atomic E-state index is 13.3. The van der Waals surface area contributed by atoms with Gasteiger partial charge in [0.2, 0.25) is 5.91 Å². The summed E-state index contributed by atoms with van der Waals surface area (Å²) in [7, 11) is 0. The first-order valence-electron chi connectivity index (χ1n) is 9.56. The number of anilines is 1. The number of carbonyl (C=O) groups excluding carboxylic acids is 2.